The van der Waals surface area contributed by atoms with Gasteiger partial charge in [0.2, 0.25) is 5.91 Å². The molecule has 1 atom stereocenters. The number of morpholine rings is 1. The molecule has 2 aromatic rings. The number of nitrogens with zero attached hydrogens (tertiary/aromatic N) is 4. The summed E-state index contributed by atoms with van der Waals surface area (Å²) in [4.78, 5) is 23.6. The number of aromatic hydroxyl groups is 1. The highest BCUT2D eigenvalue weighted by Crippen LogP contribution is 2.61. The summed E-state index contributed by atoms with van der Waals surface area (Å²) < 4.78 is 27.0. The Kier molecular flexibility index (Phi) is 5.81. The van der Waals surface area contributed by atoms with Crippen LogP contribution in [-0.2, 0) is 15.1 Å². The topological polar surface area (TPSA) is 78.4 Å². The van der Waals surface area contributed by atoms with Gasteiger partial charge in [-0.25, -0.2) is 9.37 Å². The summed E-state index contributed by atoms with van der Waals surface area (Å²) in [5.74, 6) is 0.246. The van der Waals surface area contributed by atoms with E-state index in [1.807, 2.05) is 0 Å². The molecule has 0 bridgehead atoms. The smallest absolute Gasteiger partial charge is 0.246 e. The summed E-state index contributed by atoms with van der Waals surface area (Å²) >= 11 is 6.94. The zero-order chi connectivity index (χ0) is 25.0. The lowest BCUT2D eigenvalue weighted by Gasteiger charge is -2.44. The highest BCUT2D eigenvalue weighted by atomic mass is 35.5. The maximum atomic E-state index is 15.0. The number of fused-ring (bicyclic) bond motifs is 4. The summed E-state index contributed by atoms with van der Waals surface area (Å²) in [6, 6.07) is 4.11. The number of anilines is 1. The number of phenolic OH excluding ortho intramolecular Hbond substituents is 1. The molecule has 1 spiro atoms. The first-order valence-corrected chi connectivity index (χ1v) is 12.7. The minimum atomic E-state index is -0.608. The van der Waals surface area contributed by atoms with Gasteiger partial charge >= 0.3 is 0 Å². The fraction of sp³-hybridized carbons (Fsp3) is 0.462. The number of ether oxygens (including phenoxy) is 2. The lowest BCUT2D eigenvalue weighted by Crippen LogP contribution is -2.58. The Balaban J connectivity index is 1.52. The van der Waals surface area contributed by atoms with E-state index in [1.54, 1.807) is 4.90 Å². The molecule has 8 nitrogen and oxygen atoms in total. The van der Waals surface area contributed by atoms with Crippen LogP contribution in [0.1, 0.15) is 18.4 Å². The molecule has 1 saturated carbocycles. The van der Waals surface area contributed by atoms with E-state index in [1.165, 1.54) is 24.3 Å². The van der Waals surface area contributed by atoms with Crippen molar-refractivity contribution in [3.63, 3.8) is 0 Å². The summed E-state index contributed by atoms with van der Waals surface area (Å²) in [6.07, 6.45) is 3.17. The number of amides is 1. The van der Waals surface area contributed by atoms with Crippen LogP contribution in [0.4, 0.5) is 10.2 Å². The van der Waals surface area contributed by atoms with Crippen molar-refractivity contribution in [2.45, 2.75) is 24.4 Å². The van der Waals surface area contributed by atoms with Gasteiger partial charge in [-0.1, -0.05) is 24.2 Å². The third-order valence-corrected chi connectivity index (χ3v) is 8.09. The third kappa shape index (κ3) is 3.64. The van der Waals surface area contributed by atoms with Crippen LogP contribution in [0.3, 0.4) is 0 Å². The highest BCUT2D eigenvalue weighted by molar-refractivity contribution is 6.35. The summed E-state index contributed by atoms with van der Waals surface area (Å²) in [6.45, 7) is 8.15. The Morgan fingerprint density at radius 1 is 1.25 bits per heavy atom. The summed E-state index contributed by atoms with van der Waals surface area (Å²) in [5.41, 5.74) is 0.712. The fourth-order valence-corrected chi connectivity index (χ4v) is 6.16. The van der Waals surface area contributed by atoms with Crippen molar-refractivity contribution >= 4 is 23.3 Å². The third-order valence-electron chi connectivity index (χ3n) is 7.74. The standard InChI is InChI=1S/C26H28ClFN4O4/c1-2-19(34)31-8-9-32-16(14-31)15-36-24-21(26(32)6-7-26)25(30-10-12-35-13-11-30)29-23(22(24)27)20-17(28)4-3-5-18(20)33/h2-5,16,33H,1,6-15H2/t16-/m1/s1. The van der Waals surface area contributed by atoms with Gasteiger partial charge in [-0.15, -0.1) is 0 Å². The molecule has 2 saturated heterocycles. The van der Waals surface area contributed by atoms with Gasteiger partial charge in [0, 0.05) is 32.7 Å². The Morgan fingerprint density at radius 3 is 2.72 bits per heavy atom. The molecule has 4 aliphatic rings. The maximum absolute atomic E-state index is 15.0. The number of piperazine rings is 1. The van der Waals surface area contributed by atoms with Crippen LogP contribution >= 0.6 is 11.6 Å². The number of pyridine rings is 1. The first-order valence-electron chi connectivity index (χ1n) is 12.3. The molecular weight excluding hydrogens is 487 g/mol. The second kappa shape index (κ2) is 8.90. The zero-order valence-electron chi connectivity index (χ0n) is 19.9. The number of phenols is 1. The predicted molar refractivity (Wildman–Crippen MR) is 133 cm³/mol. The van der Waals surface area contributed by atoms with E-state index in [9.17, 15) is 14.3 Å². The Hall–Kier alpha value is -2.88. The molecule has 1 aromatic carbocycles. The quantitative estimate of drug-likeness (QED) is 0.630. The van der Waals surface area contributed by atoms with Gasteiger partial charge in [-0.3, -0.25) is 9.69 Å². The van der Waals surface area contributed by atoms with Crippen molar-refractivity contribution in [1.82, 2.24) is 14.8 Å². The minimum absolute atomic E-state index is 0.0310. The molecule has 1 aliphatic carbocycles. The van der Waals surface area contributed by atoms with Crippen molar-refractivity contribution in [1.29, 1.82) is 0 Å². The van der Waals surface area contributed by atoms with Gasteiger partial charge in [-0.2, -0.15) is 0 Å². The Bertz CT molecular complexity index is 1210. The van der Waals surface area contributed by atoms with Crippen molar-refractivity contribution in [3.8, 4) is 22.8 Å². The monoisotopic (exact) mass is 514 g/mol. The van der Waals surface area contributed by atoms with Crippen LogP contribution in [0, 0.1) is 5.82 Å². The lowest BCUT2D eigenvalue weighted by molar-refractivity contribution is -0.130. The largest absolute Gasteiger partial charge is 0.507 e. The van der Waals surface area contributed by atoms with Crippen molar-refractivity contribution in [2.75, 3.05) is 57.4 Å². The second-order valence-corrected chi connectivity index (χ2v) is 10.1. The van der Waals surface area contributed by atoms with E-state index in [0.717, 1.165) is 18.4 Å². The molecule has 0 unspecified atom stereocenters. The number of carbonyl (C=O) groups excluding carboxylic acids is 1. The number of halogens is 2. The second-order valence-electron chi connectivity index (χ2n) is 9.71. The number of hydrogen-bond donors (Lipinski definition) is 1. The predicted octanol–water partition coefficient (Wildman–Crippen LogP) is 3.16. The molecule has 36 heavy (non-hydrogen) atoms. The number of rotatable bonds is 3. The summed E-state index contributed by atoms with van der Waals surface area (Å²) in [7, 11) is 0. The van der Waals surface area contributed by atoms with E-state index in [-0.39, 0.29) is 39.5 Å². The summed E-state index contributed by atoms with van der Waals surface area (Å²) in [5, 5.41) is 10.7. The molecule has 10 heteroatoms. The van der Waals surface area contributed by atoms with Crippen molar-refractivity contribution in [2.24, 2.45) is 0 Å². The van der Waals surface area contributed by atoms with Gasteiger partial charge < -0.3 is 24.4 Å². The molecule has 1 amide bonds. The highest BCUT2D eigenvalue weighted by Gasteiger charge is 2.58. The van der Waals surface area contributed by atoms with Crippen LogP contribution in [0.5, 0.6) is 11.5 Å². The molecule has 6 rings (SSSR count). The average molecular weight is 515 g/mol. The fourth-order valence-electron chi connectivity index (χ4n) is 5.87. The molecule has 3 aliphatic heterocycles. The van der Waals surface area contributed by atoms with Gasteiger partial charge in [0.15, 0.2) is 0 Å². The van der Waals surface area contributed by atoms with E-state index in [4.69, 9.17) is 26.1 Å². The van der Waals surface area contributed by atoms with Gasteiger partial charge in [0.05, 0.1) is 35.9 Å². The molecule has 190 valence electrons. The van der Waals surface area contributed by atoms with E-state index in [0.29, 0.717) is 64.1 Å². The number of aromatic nitrogens is 1. The van der Waals surface area contributed by atoms with Gasteiger partial charge in [0.1, 0.15) is 40.5 Å². The van der Waals surface area contributed by atoms with Crippen LogP contribution in [0.15, 0.2) is 30.9 Å². The first kappa shape index (κ1) is 23.5. The van der Waals surface area contributed by atoms with Crippen LogP contribution < -0.4 is 9.64 Å². The van der Waals surface area contributed by atoms with Crippen LogP contribution in [0.25, 0.3) is 11.3 Å². The first-order chi connectivity index (χ1) is 17.4. The van der Waals surface area contributed by atoms with Gasteiger partial charge in [-0.05, 0) is 31.1 Å². The number of benzene rings is 1. The number of hydrogen-bond acceptors (Lipinski definition) is 7. The molecule has 0 radical (unpaired) electrons. The Morgan fingerprint density at radius 2 is 2.03 bits per heavy atom. The SMILES string of the molecule is C=CC(=O)N1CCN2[C@@H](COc3c(Cl)c(-c4c(O)cccc4F)nc(N4CCOCC4)c3C23CC3)C1. The van der Waals surface area contributed by atoms with E-state index in [2.05, 4.69) is 16.4 Å². The lowest BCUT2D eigenvalue weighted by atomic mass is 9.97. The molecular formula is C26H28ClFN4O4. The molecule has 1 N–H and O–H groups in total. The number of carbonyl (C=O) groups is 1. The average Bonchev–Trinajstić information content (AvgIpc) is 3.71. The minimum Gasteiger partial charge on any atom is -0.507 e. The molecule has 1 aromatic heterocycles. The van der Waals surface area contributed by atoms with Crippen molar-refractivity contribution < 1.29 is 23.8 Å². The van der Waals surface area contributed by atoms with Crippen LogP contribution in [0.2, 0.25) is 5.02 Å². The molecule has 3 fully saturated rings. The zero-order valence-corrected chi connectivity index (χ0v) is 20.6. The van der Waals surface area contributed by atoms with E-state index < -0.39 is 5.82 Å². The molecule has 4 heterocycles. The Labute approximate surface area is 213 Å². The maximum Gasteiger partial charge on any atom is 0.246 e. The normalized spacial score (nSPS) is 22.9. The van der Waals surface area contributed by atoms with Crippen LogP contribution in [-0.4, -0.2) is 84.4 Å². The van der Waals surface area contributed by atoms with Gasteiger partial charge in [0.25, 0.3) is 0 Å². The van der Waals surface area contributed by atoms with Crippen molar-refractivity contribution in [3.05, 3.63) is 47.3 Å². The van der Waals surface area contributed by atoms with E-state index >= 15 is 0 Å².